The third-order valence-corrected chi connectivity index (χ3v) is 2.39. The van der Waals surface area contributed by atoms with Crippen molar-refractivity contribution in [2.75, 3.05) is 0 Å². The molecular formula is C12H9N5. The Hall–Kier alpha value is -2.56. The highest BCUT2D eigenvalue weighted by atomic mass is 15.3. The van der Waals surface area contributed by atoms with Crippen LogP contribution in [-0.2, 0) is 0 Å². The molecule has 5 nitrogen and oxygen atoms in total. The molecule has 3 heterocycles. The predicted molar refractivity (Wildman–Crippen MR) is 62.4 cm³/mol. The Balaban J connectivity index is 2.18. The fourth-order valence-corrected chi connectivity index (χ4v) is 1.64. The molecule has 3 rings (SSSR count). The SMILES string of the molecule is c1cncc(-c2cccnc2-n2cncn2)c1. The van der Waals surface area contributed by atoms with Crippen molar-refractivity contribution in [3.05, 3.63) is 55.5 Å². The molecule has 82 valence electrons. The van der Waals surface area contributed by atoms with Crippen molar-refractivity contribution in [2.45, 2.75) is 0 Å². The van der Waals surface area contributed by atoms with Crippen LogP contribution in [0.15, 0.2) is 55.5 Å². The summed E-state index contributed by atoms with van der Waals surface area (Å²) in [5, 5.41) is 4.10. The standard InChI is InChI=1S/C12H9N5/c1-3-10(7-13-5-1)11-4-2-6-15-12(11)17-9-14-8-16-17/h1-9H. The van der Waals surface area contributed by atoms with Crippen molar-refractivity contribution in [1.29, 1.82) is 0 Å². The molecule has 3 aromatic heterocycles. The van der Waals surface area contributed by atoms with Crippen LogP contribution < -0.4 is 0 Å². The van der Waals surface area contributed by atoms with Crippen LogP contribution in [0.1, 0.15) is 0 Å². The number of hydrogen-bond donors (Lipinski definition) is 0. The first-order valence-electron chi connectivity index (χ1n) is 5.15. The molecule has 0 aliphatic carbocycles. The van der Waals surface area contributed by atoms with E-state index in [-0.39, 0.29) is 0 Å². The van der Waals surface area contributed by atoms with Crippen LogP contribution >= 0.6 is 0 Å². The summed E-state index contributed by atoms with van der Waals surface area (Å²) < 4.78 is 1.64. The molecule has 0 fully saturated rings. The summed E-state index contributed by atoms with van der Waals surface area (Å²) in [6, 6.07) is 7.77. The lowest BCUT2D eigenvalue weighted by molar-refractivity contribution is 0.847. The van der Waals surface area contributed by atoms with Crippen LogP contribution in [0.25, 0.3) is 16.9 Å². The first-order valence-corrected chi connectivity index (χ1v) is 5.15. The number of aromatic nitrogens is 5. The average molecular weight is 223 g/mol. The summed E-state index contributed by atoms with van der Waals surface area (Å²) in [6.07, 6.45) is 8.40. The molecule has 0 amide bonds. The molecule has 0 N–H and O–H groups in total. The second-order valence-corrected chi connectivity index (χ2v) is 3.46. The first kappa shape index (κ1) is 9.65. The van der Waals surface area contributed by atoms with Crippen LogP contribution in [0.5, 0.6) is 0 Å². The summed E-state index contributed by atoms with van der Waals surface area (Å²) in [7, 11) is 0. The van der Waals surface area contributed by atoms with Crippen LogP contribution in [0.2, 0.25) is 0 Å². The predicted octanol–water partition coefficient (Wildman–Crippen LogP) is 1.72. The summed E-state index contributed by atoms with van der Waals surface area (Å²) >= 11 is 0. The van der Waals surface area contributed by atoms with E-state index in [9.17, 15) is 0 Å². The lowest BCUT2D eigenvalue weighted by Crippen LogP contribution is -2.00. The van der Waals surface area contributed by atoms with Gasteiger partial charge in [0.2, 0.25) is 0 Å². The number of hydrogen-bond acceptors (Lipinski definition) is 4. The van der Waals surface area contributed by atoms with Crippen molar-refractivity contribution >= 4 is 0 Å². The van der Waals surface area contributed by atoms with E-state index in [0.717, 1.165) is 16.9 Å². The molecule has 0 atom stereocenters. The maximum Gasteiger partial charge on any atom is 0.163 e. The van der Waals surface area contributed by atoms with Gasteiger partial charge in [0.05, 0.1) is 0 Å². The number of pyridine rings is 2. The zero-order valence-corrected chi connectivity index (χ0v) is 8.93. The average Bonchev–Trinajstić information content (AvgIpc) is 2.94. The molecule has 0 bridgehead atoms. The fraction of sp³-hybridized carbons (Fsp3) is 0. The lowest BCUT2D eigenvalue weighted by Gasteiger charge is -2.06. The fourth-order valence-electron chi connectivity index (χ4n) is 1.64. The van der Waals surface area contributed by atoms with E-state index in [4.69, 9.17) is 0 Å². The third-order valence-electron chi connectivity index (χ3n) is 2.39. The van der Waals surface area contributed by atoms with E-state index < -0.39 is 0 Å². The minimum absolute atomic E-state index is 0.748. The van der Waals surface area contributed by atoms with Gasteiger partial charge >= 0.3 is 0 Å². The summed E-state index contributed by atoms with van der Waals surface area (Å²) in [6.45, 7) is 0. The normalized spacial score (nSPS) is 10.4. The summed E-state index contributed by atoms with van der Waals surface area (Å²) in [4.78, 5) is 12.4. The zero-order chi connectivity index (χ0) is 11.5. The van der Waals surface area contributed by atoms with Gasteiger partial charge in [0.25, 0.3) is 0 Å². The number of rotatable bonds is 2. The molecule has 0 radical (unpaired) electrons. The van der Waals surface area contributed by atoms with E-state index in [1.54, 1.807) is 29.6 Å². The maximum atomic E-state index is 4.33. The van der Waals surface area contributed by atoms with Crippen molar-refractivity contribution in [3.8, 4) is 16.9 Å². The van der Waals surface area contributed by atoms with Gasteiger partial charge in [-0.15, -0.1) is 0 Å². The van der Waals surface area contributed by atoms with Crippen LogP contribution in [0.3, 0.4) is 0 Å². The van der Waals surface area contributed by atoms with E-state index in [1.165, 1.54) is 6.33 Å². The van der Waals surface area contributed by atoms with Gasteiger partial charge in [-0.1, -0.05) is 6.07 Å². The molecule has 0 aliphatic rings. The lowest BCUT2D eigenvalue weighted by atomic mass is 10.1. The molecule has 0 unspecified atom stereocenters. The molecular weight excluding hydrogens is 214 g/mol. The topological polar surface area (TPSA) is 56.5 Å². The molecule has 3 aromatic rings. The van der Waals surface area contributed by atoms with Crippen molar-refractivity contribution < 1.29 is 0 Å². The van der Waals surface area contributed by atoms with Crippen LogP contribution in [0, 0.1) is 0 Å². The van der Waals surface area contributed by atoms with Gasteiger partial charge in [0.1, 0.15) is 12.7 Å². The van der Waals surface area contributed by atoms with Gasteiger partial charge in [0.15, 0.2) is 5.82 Å². The highest BCUT2D eigenvalue weighted by Crippen LogP contribution is 2.22. The molecule has 0 saturated carbocycles. The van der Waals surface area contributed by atoms with Gasteiger partial charge in [0, 0.05) is 29.7 Å². The van der Waals surface area contributed by atoms with Gasteiger partial charge in [-0.3, -0.25) is 4.98 Å². The van der Waals surface area contributed by atoms with E-state index >= 15 is 0 Å². The van der Waals surface area contributed by atoms with Gasteiger partial charge < -0.3 is 0 Å². The third kappa shape index (κ3) is 1.78. The Morgan fingerprint density at radius 2 is 1.94 bits per heavy atom. The Kier molecular flexibility index (Phi) is 2.34. The van der Waals surface area contributed by atoms with Crippen molar-refractivity contribution in [3.63, 3.8) is 0 Å². The Morgan fingerprint density at radius 1 is 1.00 bits per heavy atom. The largest absolute Gasteiger partial charge is 0.264 e. The van der Waals surface area contributed by atoms with Crippen molar-refractivity contribution in [1.82, 2.24) is 24.7 Å². The molecule has 0 spiro atoms. The van der Waals surface area contributed by atoms with E-state index in [1.807, 2.05) is 24.3 Å². The minimum Gasteiger partial charge on any atom is -0.264 e. The van der Waals surface area contributed by atoms with Crippen LogP contribution in [0.4, 0.5) is 0 Å². The highest BCUT2D eigenvalue weighted by Gasteiger charge is 2.07. The monoisotopic (exact) mass is 223 g/mol. The van der Waals surface area contributed by atoms with Gasteiger partial charge in [-0.25, -0.2) is 14.6 Å². The molecule has 0 aromatic carbocycles. The molecule has 0 saturated heterocycles. The zero-order valence-electron chi connectivity index (χ0n) is 8.93. The minimum atomic E-state index is 0.748. The highest BCUT2D eigenvalue weighted by molar-refractivity contribution is 5.69. The summed E-state index contributed by atoms with van der Waals surface area (Å²) in [5.41, 5.74) is 1.98. The van der Waals surface area contributed by atoms with Gasteiger partial charge in [-0.05, 0) is 18.2 Å². The van der Waals surface area contributed by atoms with Gasteiger partial charge in [-0.2, -0.15) is 5.10 Å². The quantitative estimate of drug-likeness (QED) is 0.663. The van der Waals surface area contributed by atoms with Crippen molar-refractivity contribution in [2.24, 2.45) is 0 Å². The second-order valence-electron chi connectivity index (χ2n) is 3.46. The molecule has 17 heavy (non-hydrogen) atoms. The number of nitrogens with zero attached hydrogens (tertiary/aromatic N) is 5. The maximum absolute atomic E-state index is 4.33. The molecule has 5 heteroatoms. The smallest absolute Gasteiger partial charge is 0.163 e. The first-order chi connectivity index (χ1) is 8.45. The Labute approximate surface area is 97.8 Å². The summed E-state index contributed by atoms with van der Waals surface area (Å²) in [5.74, 6) is 0.748. The van der Waals surface area contributed by atoms with E-state index in [2.05, 4.69) is 20.1 Å². The molecule has 0 aliphatic heterocycles. The Bertz CT molecular complexity index is 604. The van der Waals surface area contributed by atoms with Crippen LogP contribution in [-0.4, -0.2) is 24.7 Å². The second kappa shape index (κ2) is 4.13. The Morgan fingerprint density at radius 3 is 2.71 bits per heavy atom. The van der Waals surface area contributed by atoms with E-state index in [0.29, 0.717) is 0 Å².